The van der Waals surface area contributed by atoms with Gasteiger partial charge in [-0.2, -0.15) is 0 Å². The summed E-state index contributed by atoms with van der Waals surface area (Å²) in [7, 11) is 0. The maximum absolute atomic E-state index is 13.8. The quantitative estimate of drug-likeness (QED) is 0.937. The Kier molecular flexibility index (Phi) is 4.41. The number of para-hydroxylation sites is 2. The zero-order valence-corrected chi connectivity index (χ0v) is 12.7. The van der Waals surface area contributed by atoms with E-state index in [1.165, 1.54) is 40.1 Å². The summed E-state index contributed by atoms with van der Waals surface area (Å²) in [6.07, 6.45) is 0. The number of urea groups is 1. The fraction of sp³-hybridized carbons (Fsp3) is 0.176. The number of rotatable bonds is 4. The Balaban J connectivity index is 1.65. The topological polar surface area (TPSA) is 52.7 Å². The molecule has 1 N–H and O–H groups in total. The Morgan fingerprint density at radius 1 is 1.00 bits per heavy atom. The van der Waals surface area contributed by atoms with Gasteiger partial charge in [-0.15, -0.1) is 0 Å². The summed E-state index contributed by atoms with van der Waals surface area (Å²) in [5.41, 5.74) is 0.236. The molecule has 0 aromatic heterocycles. The molecule has 5 nitrogen and oxygen atoms in total. The molecule has 0 aliphatic carbocycles. The Morgan fingerprint density at radius 2 is 1.67 bits per heavy atom. The first-order valence-corrected chi connectivity index (χ1v) is 7.41. The van der Waals surface area contributed by atoms with Crippen molar-refractivity contribution in [3.63, 3.8) is 0 Å². The minimum atomic E-state index is -0.549. The van der Waals surface area contributed by atoms with Crippen LogP contribution < -0.4 is 10.2 Å². The SMILES string of the molecule is O=C(CN1CCN(c2ccccc2F)C1=O)Nc1ccccc1F. The molecule has 1 heterocycles. The van der Waals surface area contributed by atoms with Crippen LogP contribution in [0.3, 0.4) is 0 Å². The first-order chi connectivity index (χ1) is 11.6. The lowest BCUT2D eigenvalue weighted by Crippen LogP contribution is -2.37. The van der Waals surface area contributed by atoms with Crippen LogP contribution in [-0.2, 0) is 4.79 Å². The lowest BCUT2D eigenvalue weighted by Gasteiger charge is -2.19. The minimum Gasteiger partial charge on any atom is -0.322 e. The van der Waals surface area contributed by atoms with E-state index in [0.717, 1.165) is 0 Å². The van der Waals surface area contributed by atoms with Crippen molar-refractivity contribution in [2.75, 3.05) is 29.9 Å². The van der Waals surface area contributed by atoms with E-state index in [9.17, 15) is 18.4 Å². The first kappa shape index (κ1) is 15.9. The Morgan fingerprint density at radius 3 is 2.38 bits per heavy atom. The van der Waals surface area contributed by atoms with Gasteiger partial charge in [-0.3, -0.25) is 9.69 Å². The molecule has 0 unspecified atom stereocenters. The van der Waals surface area contributed by atoms with Gasteiger partial charge in [0.15, 0.2) is 0 Å². The predicted molar refractivity (Wildman–Crippen MR) is 85.7 cm³/mol. The van der Waals surface area contributed by atoms with Crippen molar-refractivity contribution in [2.24, 2.45) is 0 Å². The number of carbonyl (C=O) groups excluding carboxylic acids is 2. The minimum absolute atomic E-state index is 0.0557. The van der Waals surface area contributed by atoms with Gasteiger partial charge in [0.25, 0.3) is 0 Å². The molecule has 0 atom stereocenters. The van der Waals surface area contributed by atoms with Crippen LogP contribution in [0.15, 0.2) is 48.5 Å². The third-order valence-electron chi connectivity index (χ3n) is 3.72. The third-order valence-corrected chi connectivity index (χ3v) is 3.72. The van der Waals surface area contributed by atoms with Crippen LogP contribution in [0.4, 0.5) is 25.0 Å². The molecule has 124 valence electrons. The molecule has 2 aromatic carbocycles. The number of carbonyl (C=O) groups is 2. The highest BCUT2D eigenvalue weighted by atomic mass is 19.1. The molecule has 3 rings (SSSR count). The highest BCUT2D eigenvalue weighted by Crippen LogP contribution is 2.23. The van der Waals surface area contributed by atoms with E-state index >= 15 is 0 Å². The van der Waals surface area contributed by atoms with E-state index in [-0.39, 0.29) is 31.0 Å². The average Bonchev–Trinajstić information content (AvgIpc) is 2.91. The Hall–Kier alpha value is -2.96. The molecule has 0 radical (unpaired) electrons. The summed E-state index contributed by atoms with van der Waals surface area (Å²) < 4.78 is 27.3. The van der Waals surface area contributed by atoms with E-state index in [1.807, 2.05) is 0 Å². The summed E-state index contributed by atoms with van der Waals surface area (Å²) in [5, 5.41) is 2.42. The van der Waals surface area contributed by atoms with Gasteiger partial charge < -0.3 is 10.2 Å². The number of amides is 3. The Bertz CT molecular complexity index is 782. The predicted octanol–water partition coefficient (Wildman–Crippen LogP) is 2.85. The second-order valence-corrected chi connectivity index (χ2v) is 5.34. The number of benzene rings is 2. The van der Waals surface area contributed by atoms with E-state index < -0.39 is 23.6 Å². The van der Waals surface area contributed by atoms with Gasteiger partial charge in [0.1, 0.15) is 18.2 Å². The van der Waals surface area contributed by atoms with E-state index in [0.29, 0.717) is 0 Å². The van der Waals surface area contributed by atoms with Gasteiger partial charge in [0.05, 0.1) is 11.4 Å². The molecule has 1 fully saturated rings. The molecule has 0 saturated carbocycles. The third kappa shape index (κ3) is 3.19. The van der Waals surface area contributed by atoms with Crippen molar-refractivity contribution in [1.82, 2.24) is 4.90 Å². The Labute approximate surface area is 137 Å². The van der Waals surface area contributed by atoms with Crippen LogP contribution in [-0.4, -0.2) is 36.5 Å². The molecule has 1 saturated heterocycles. The molecule has 1 aliphatic rings. The van der Waals surface area contributed by atoms with Crippen LogP contribution in [0.5, 0.6) is 0 Å². The van der Waals surface area contributed by atoms with Crippen molar-refractivity contribution < 1.29 is 18.4 Å². The van der Waals surface area contributed by atoms with Crippen molar-refractivity contribution in [1.29, 1.82) is 0 Å². The van der Waals surface area contributed by atoms with Crippen LogP contribution in [0.2, 0.25) is 0 Å². The van der Waals surface area contributed by atoms with Crippen molar-refractivity contribution in [3.05, 3.63) is 60.2 Å². The van der Waals surface area contributed by atoms with Gasteiger partial charge in [-0.25, -0.2) is 13.6 Å². The van der Waals surface area contributed by atoms with Crippen LogP contribution in [0.25, 0.3) is 0 Å². The second-order valence-electron chi connectivity index (χ2n) is 5.34. The van der Waals surface area contributed by atoms with E-state index in [4.69, 9.17) is 0 Å². The highest BCUT2D eigenvalue weighted by molar-refractivity contribution is 5.99. The maximum Gasteiger partial charge on any atom is 0.325 e. The molecule has 2 aromatic rings. The van der Waals surface area contributed by atoms with Crippen LogP contribution in [0, 0.1) is 11.6 Å². The normalized spacial score (nSPS) is 14.2. The second kappa shape index (κ2) is 6.66. The van der Waals surface area contributed by atoms with Gasteiger partial charge in [-0.05, 0) is 24.3 Å². The molecule has 1 aliphatic heterocycles. The fourth-order valence-corrected chi connectivity index (χ4v) is 2.55. The summed E-state index contributed by atoms with van der Waals surface area (Å²) in [6.45, 7) is 0.350. The number of hydrogen-bond acceptors (Lipinski definition) is 2. The van der Waals surface area contributed by atoms with E-state index in [1.54, 1.807) is 18.2 Å². The van der Waals surface area contributed by atoms with Crippen molar-refractivity contribution in [3.8, 4) is 0 Å². The summed E-state index contributed by atoms with van der Waals surface area (Å²) in [6, 6.07) is 11.3. The number of halogens is 2. The number of nitrogens with zero attached hydrogens (tertiary/aromatic N) is 2. The first-order valence-electron chi connectivity index (χ1n) is 7.41. The zero-order valence-electron chi connectivity index (χ0n) is 12.7. The molecular formula is C17H15F2N3O2. The monoisotopic (exact) mass is 331 g/mol. The smallest absolute Gasteiger partial charge is 0.322 e. The van der Waals surface area contributed by atoms with Crippen molar-refractivity contribution >= 4 is 23.3 Å². The van der Waals surface area contributed by atoms with Gasteiger partial charge in [-0.1, -0.05) is 24.3 Å². The standard InChI is InChI=1S/C17H15F2N3O2/c18-12-5-1-3-7-14(12)20-16(23)11-21-9-10-22(17(21)24)15-8-4-2-6-13(15)19/h1-8H,9-11H2,(H,20,23). The lowest BCUT2D eigenvalue weighted by molar-refractivity contribution is -0.116. The van der Waals surface area contributed by atoms with Gasteiger partial charge in [0, 0.05) is 13.1 Å². The fourth-order valence-electron chi connectivity index (χ4n) is 2.55. The molecule has 7 heteroatoms. The van der Waals surface area contributed by atoms with E-state index in [2.05, 4.69) is 5.32 Å². The largest absolute Gasteiger partial charge is 0.325 e. The maximum atomic E-state index is 13.8. The summed E-state index contributed by atoms with van der Waals surface area (Å²) in [5.74, 6) is -1.56. The molecular weight excluding hydrogens is 316 g/mol. The van der Waals surface area contributed by atoms with Crippen molar-refractivity contribution in [2.45, 2.75) is 0 Å². The van der Waals surface area contributed by atoms with Crippen LogP contribution in [0.1, 0.15) is 0 Å². The average molecular weight is 331 g/mol. The van der Waals surface area contributed by atoms with Crippen LogP contribution >= 0.6 is 0 Å². The summed E-state index contributed by atoms with van der Waals surface area (Å²) >= 11 is 0. The van der Waals surface area contributed by atoms with Gasteiger partial charge >= 0.3 is 6.03 Å². The number of anilines is 2. The number of nitrogens with one attached hydrogen (secondary N) is 1. The zero-order chi connectivity index (χ0) is 17.1. The lowest BCUT2D eigenvalue weighted by atomic mass is 10.3. The molecule has 0 spiro atoms. The summed E-state index contributed by atoms with van der Waals surface area (Å²) in [4.78, 5) is 26.9. The molecule has 3 amide bonds. The number of hydrogen-bond donors (Lipinski definition) is 1. The molecule has 24 heavy (non-hydrogen) atoms. The van der Waals surface area contributed by atoms with Gasteiger partial charge in [0.2, 0.25) is 5.91 Å². The molecule has 0 bridgehead atoms. The highest BCUT2D eigenvalue weighted by Gasteiger charge is 2.32.